The van der Waals surface area contributed by atoms with Crippen molar-refractivity contribution in [3.63, 3.8) is 0 Å². The van der Waals surface area contributed by atoms with Crippen LogP contribution in [0.25, 0.3) is 16.5 Å². The number of aryl methyl sites for hydroxylation is 4. The van der Waals surface area contributed by atoms with Gasteiger partial charge in [-0.3, -0.25) is 4.79 Å². The van der Waals surface area contributed by atoms with Crippen molar-refractivity contribution in [2.45, 2.75) is 33.6 Å². The molecule has 2 aromatic carbocycles. The van der Waals surface area contributed by atoms with E-state index < -0.39 is 0 Å². The molecule has 0 unspecified atom stereocenters. The fourth-order valence-electron chi connectivity index (χ4n) is 4.14. The molecule has 9 heteroatoms. The molecular formula is C26H27N3O5S. The Morgan fingerprint density at radius 2 is 1.77 bits per heavy atom. The van der Waals surface area contributed by atoms with Crippen LogP contribution >= 0.6 is 11.8 Å². The summed E-state index contributed by atoms with van der Waals surface area (Å²) in [4.78, 5) is 12.7. The first-order valence-corrected chi connectivity index (χ1v) is 12.3. The minimum absolute atomic E-state index is 0.0557. The van der Waals surface area contributed by atoms with Crippen molar-refractivity contribution in [3.8, 4) is 11.6 Å². The van der Waals surface area contributed by atoms with Crippen molar-refractivity contribution in [2.75, 3.05) is 20.5 Å². The Morgan fingerprint density at radius 1 is 1.03 bits per heavy atom. The van der Waals surface area contributed by atoms with E-state index in [2.05, 4.69) is 21.4 Å². The number of carbonyl (C=O) groups excluding carboxylic acids is 1. The molecule has 0 spiro atoms. The molecule has 8 nitrogen and oxygen atoms in total. The number of methoxy groups -OCH3 is 2. The first kappa shape index (κ1) is 24.5. The Morgan fingerprint density at radius 3 is 2.43 bits per heavy atom. The summed E-state index contributed by atoms with van der Waals surface area (Å²) in [6.45, 7) is 5.68. The minimum atomic E-state index is -0.0557. The van der Waals surface area contributed by atoms with Crippen LogP contribution in [-0.2, 0) is 6.42 Å². The average molecular weight is 494 g/mol. The largest absolute Gasteiger partial charge is 0.496 e. The van der Waals surface area contributed by atoms with E-state index in [1.807, 2.05) is 38.1 Å². The Balaban J connectivity index is 1.87. The highest BCUT2D eigenvalue weighted by atomic mass is 32.2. The Labute approximate surface area is 207 Å². The van der Waals surface area contributed by atoms with Gasteiger partial charge in [-0.05, 0) is 83.8 Å². The molecule has 0 aliphatic carbocycles. The summed E-state index contributed by atoms with van der Waals surface area (Å²) >= 11 is 1.16. The third-order valence-electron chi connectivity index (χ3n) is 5.70. The molecule has 182 valence electrons. The van der Waals surface area contributed by atoms with Crippen LogP contribution in [0.15, 0.2) is 39.3 Å². The van der Waals surface area contributed by atoms with Crippen molar-refractivity contribution in [3.05, 3.63) is 69.9 Å². The van der Waals surface area contributed by atoms with Crippen LogP contribution in [0.3, 0.4) is 0 Å². The summed E-state index contributed by atoms with van der Waals surface area (Å²) in [6, 6.07) is 7.96. The van der Waals surface area contributed by atoms with Gasteiger partial charge in [0.25, 0.3) is 5.88 Å². The number of ether oxygens (including phenoxy) is 2. The molecule has 2 aromatic heterocycles. The van der Waals surface area contributed by atoms with E-state index in [-0.39, 0.29) is 5.12 Å². The molecule has 0 saturated carbocycles. The molecule has 0 aliphatic rings. The second-order valence-electron chi connectivity index (χ2n) is 8.10. The van der Waals surface area contributed by atoms with E-state index in [0.717, 1.165) is 45.0 Å². The molecule has 0 atom stereocenters. The van der Waals surface area contributed by atoms with Gasteiger partial charge >= 0.3 is 0 Å². The predicted octanol–water partition coefficient (Wildman–Crippen LogP) is 5.72. The third kappa shape index (κ3) is 4.95. The zero-order valence-electron chi connectivity index (χ0n) is 20.6. The second kappa shape index (κ2) is 10.4. The average Bonchev–Trinajstić information content (AvgIpc) is 3.46. The van der Waals surface area contributed by atoms with Crippen LogP contribution in [0.4, 0.5) is 0 Å². The number of carbonyl (C=O) groups is 1. The van der Waals surface area contributed by atoms with Crippen molar-refractivity contribution in [2.24, 2.45) is 0 Å². The molecule has 0 bridgehead atoms. The summed E-state index contributed by atoms with van der Waals surface area (Å²) < 4.78 is 22.0. The van der Waals surface area contributed by atoms with Crippen LogP contribution < -0.4 is 9.47 Å². The number of benzene rings is 2. The normalized spacial score (nSPS) is 11.8. The predicted molar refractivity (Wildman–Crippen MR) is 135 cm³/mol. The zero-order chi connectivity index (χ0) is 25.1. The Bertz CT molecular complexity index is 1420. The molecule has 0 radical (unpaired) electrons. The second-order valence-corrected chi connectivity index (χ2v) is 8.88. The van der Waals surface area contributed by atoms with E-state index in [1.54, 1.807) is 27.4 Å². The summed E-state index contributed by atoms with van der Waals surface area (Å²) in [5, 5.41) is 12.8. The number of fused-ring (bicyclic) bond motifs is 1. The lowest BCUT2D eigenvalue weighted by Gasteiger charge is -2.16. The number of nitrogens with zero attached hydrogens (tertiary/aromatic N) is 3. The fraction of sp³-hybridized carbons (Fsp3) is 0.308. The SMILES string of the molecule is COc1c(C)cc(/C(=C/CCc2nnc(C)o2)c2cc(C)c3onc(OC)c3c2)cc1C(=O)SC. The quantitative estimate of drug-likeness (QED) is 0.305. The summed E-state index contributed by atoms with van der Waals surface area (Å²) in [5.41, 5.74) is 5.82. The number of allylic oxidation sites excluding steroid dienone is 1. The number of thioether (sulfide) groups is 1. The van der Waals surface area contributed by atoms with E-state index in [0.29, 0.717) is 47.4 Å². The van der Waals surface area contributed by atoms with Crippen LogP contribution in [0, 0.1) is 20.8 Å². The first-order valence-electron chi connectivity index (χ1n) is 11.1. The molecule has 4 rings (SSSR count). The van der Waals surface area contributed by atoms with E-state index in [9.17, 15) is 4.79 Å². The summed E-state index contributed by atoms with van der Waals surface area (Å²) in [7, 11) is 3.15. The molecule has 2 heterocycles. The molecule has 0 saturated heterocycles. The van der Waals surface area contributed by atoms with E-state index in [4.69, 9.17) is 18.4 Å². The highest BCUT2D eigenvalue weighted by Gasteiger charge is 2.20. The topological polar surface area (TPSA) is 100 Å². The highest BCUT2D eigenvalue weighted by molar-refractivity contribution is 8.13. The van der Waals surface area contributed by atoms with Gasteiger partial charge in [-0.25, -0.2) is 0 Å². The van der Waals surface area contributed by atoms with Crippen molar-refractivity contribution >= 4 is 33.4 Å². The fourth-order valence-corrected chi connectivity index (χ4v) is 4.51. The lowest BCUT2D eigenvalue weighted by atomic mass is 9.91. The highest BCUT2D eigenvalue weighted by Crippen LogP contribution is 2.36. The Hall–Kier alpha value is -3.59. The summed E-state index contributed by atoms with van der Waals surface area (Å²) in [6.07, 6.45) is 5.14. The lowest BCUT2D eigenvalue weighted by Crippen LogP contribution is -2.02. The number of aromatic nitrogens is 3. The molecule has 4 aromatic rings. The molecule has 0 N–H and O–H groups in total. The third-order valence-corrected chi connectivity index (χ3v) is 6.29. The van der Waals surface area contributed by atoms with Crippen LogP contribution in [0.1, 0.15) is 50.8 Å². The maximum atomic E-state index is 12.7. The van der Waals surface area contributed by atoms with Gasteiger partial charge in [-0.15, -0.1) is 10.2 Å². The van der Waals surface area contributed by atoms with Gasteiger partial charge in [0, 0.05) is 13.3 Å². The molecule has 0 aliphatic heterocycles. The maximum absolute atomic E-state index is 12.7. The van der Waals surface area contributed by atoms with Gasteiger partial charge in [0.15, 0.2) is 5.58 Å². The minimum Gasteiger partial charge on any atom is -0.496 e. The summed E-state index contributed by atoms with van der Waals surface area (Å²) in [5.74, 6) is 2.13. The van der Waals surface area contributed by atoms with E-state index >= 15 is 0 Å². The standard InChI is InChI=1S/C26H27N3O5S/c1-14-10-18(13-21(23(14)31-4)26(30)35-6)19(8-7-9-22-28-27-16(3)33-22)17-11-15(2)24-20(12-17)25(32-5)29-34-24/h8,10-13H,7,9H2,1-6H3/b19-8+. The first-order chi connectivity index (χ1) is 16.9. The molecule has 0 fully saturated rings. The lowest BCUT2D eigenvalue weighted by molar-refractivity contribution is 0.108. The van der Waals surface area contributed by atoms with Crippen molar-refractivity contribution in [1.82, 2.24) is 15.4 Å². The zero-order valence-corrected chi connectivity index (χ0v) is 21.4. The number of rotatable bonds is 8. The van der Waals surface area contributed by atoms with Crippen molar-refractivity contribution < 1.29 is 23.2 Å². The monoisotopic (exact) mass is 493 g/mol. The number of hydrogen-bond acceptors (Lipinski definition) is 9. The van der Waals surface area contributed by atoms with Gasteiger partial charge in [-0.2, -0.15) is 0 Å². The maximum Gasteiger partial charge on any atom is 0.261 e. The van der Waals surface area contributed by atoms with Gasteiger partial charge in [0.05, 0.1) is 25.2 Å². The smallest absolute Gasteiger partial charge is 0.261 e. The van der Waals surface area contributed by atoms with Crippen LogP contribution in [-0.4, -0.2) is 40.9 Å². The van der Waals surface area contributed by atoms with Gasteiger partial charge in [0.2, 0.25) is 16.9 Å². The van der Waals surface area contributed by atoms with Crippen LogP contribution in [0.2, 0.25) is 0 Å². The van der Waals surface area contributed by atoms with Gasteiger partial charge < -0.3 is 18.4 Å². The molecule has 35 heavy (non-hydrogen) atoms. The van der Waals surface area contributed by atoms with Crippen molar-refractivity contribution in [1.29, 1.82) is 0 Å². The van der Waals surface area contributed by atoms with E-state index in [1.165, 1.54) is 0 Å². The van der Waals surface area contributed by atoms with Gasteiger partial charge in [0.1, 0.15) is 5.75 Å². The van der Waals surface area contributed by atoms with Crippen LogP contribution in [0.5, 0.6) is 11.6 Å². The Kier molecular flexibility index (Phi) is 7.25. The molecule has 0 amide bonds. The van der Waals surface area contributed by atoms with Gasteiger partial charge in [-0.1, -0.05) is 17.8 Å². The number of hydrogen-bond donors (Lipinski definition) is 0. The molecular weight excluding hydrogens is 466 g/mol.